The zero-order valence-corrected chi connectivity index (χ0v) is 13.2. The van der Waals surface area contributed by atoms with Gasteiger partial charge in [-0.3, -0.25) is 9.59 Å². The number of ketones is 1. The maximum atomic E-state index is 12.9. The van der Waals surface area contributed by atoms with E-state index >= 15 is 0 Å². The standard InChI is InChI=1S/C18H14ClNO3/c1-11-17(18(23)12-6-8-13(19)9-7-12)14-4-2-3-5-15(14)20(11)10-16(21)22/h2-9H,10H2,1H3,(H,21,22). The van der Waals surface area contributed by atoms with Gasteiger partial charge in [-0.25, -0.2) is 0 Å². The van der Waals surface area contributed by atoms with Gasteiger partial charge in [0.15, 0.2) is 5.78 Å². The number of carboxylic acid groups (broad SMARTS) is 1. The molecule has 2 aromatic carbocycles. The lowest BCUT2D eigenvalue weighted by Gasteiger charge is -2.05. The largest absolute Gasteiger partial charge is 0.480 e. The Kier molecular flexibility index (Phi) is 3.92. The number of fused-ring (bicyclic) bond motifs is 1. The summed E-state index contributed by atoms with van der Waals surface area (Å²) in [6.07, 6.45) is 0. The average molecular weight is 328 g/mol. The second kappa shape index (κ2) is 5.89. The normalized spacial score (nSPS) is 10.9. The van der Waals surface area contributed by atoms with Gasteiger partial charge in [-0.15, -0.1) is 0 Å². The van der Waals surface area contributed by atoms with Crippen LogP contribution < -0.4 is 0 Å². The third-order valence-electron chi connectivity index (χ3n) is 3.86. The Morgan fingerprint density at radius 2 is 1.74 bits per heavy atom. The number of rotatable bonds is 4. The number of aromatic nitrogens is 1. The Morgan fingerprint density at radius 3 is 2.39 bits per heavy atom. The summed E-state index contributed by atoms with van der Waals surface area (Å²) in [6, 6.07) is 14.0. The van der Waals surface area contributed by atoms with Gasteiger partial charge in [0.25, 0.3) is 0 Å². The molecule has 23 heavy (non-hydrogen) atoms. The Balaban J connectivity index is 2.21. The monoisotopic (exact) mass is 327 g/mol. The van der Waals surface area contributed by atoms with Gasteiger partial charge in [0.1, 0.15) is 6.54 Å². The maximum absolute atomic E-state index is 12.9. The van der Waals surface area contributed by atoms with Crippen molar-refractivity contribution in [1.29, 1.82) is 0 Å². The molecule has 5 heteroatoms. The van der Waals surface area contributed by atoms with Gasteiger partial charge in [0, 0.05) is 27.2 Å². The highest BCUT2D eigenvalue weighted by molar-refractivity contribution is 6.30. The van der Waals surface area contributed by atoms with Crippen LogP contribution in [-0.4, -0.2) is 21.4 Å². The van der Waals surface area contributed by atoms with E-state index in [1.807, 2.05) is 24.3 Å². The number of halogens is 1. The van der Waals surface area contributed by atoms with E-state index in [1.165, 1.54) is 0 Å². The first-order chi connectivity index (χ1) is 11.0. The molecule has 0 aliphatic carbocycles. The predicted molar refractivity (Wildman–Crippen MR) is 89.2 cm³/mol. The zero-order chi connectivity index (χ0) is 16.6. The smallest absolute Gasteiger partial charge is 0.323 e. The minimum Gasteiger partial charge on any atom is -0.480 e. The molecule has 3 rings (SSSR count). The van der Waals surface area contributed by atoms with Crippen LogP contribution in [0.1, 0.15) is 21.6 Å². The fraction of sp³-hybridized carbons (Fsp3) is 0.111. The van der Waals surface area contributed by atoms with Crippen LogP contribution in [0.4, 0.5) is 0 Å². The predicted octanol–water partition coefficient (Wildman–Crippen LogP) is 3.92. The highest BCUT2D eigenvalue weighted by atomic mass is 35.5. The van der Waals surface area contributed by atoms with Gasteiger partial charge >= 0.3 is 5.97 Å². The first-order valence-corrected chi connectivity index (χ1v) is 7.46. The Bertz CT molecular complexity index is 910. The highest BCUT2D eigenvalue weighted by Gasteiger charge is 2.21. The van der Waals surface area contributed by atoms with E-state index in [9.17, 15) is 9.59 Å². The molecule has 0 amide bonds. The molecule has 4 nitrogen and oxygen atoms in total. The number of hydrogen-bond donors (Lipinski definition) is 1. The van der Waals surface area contributed by atoms with Crippen LogP contribution in [-0.2, 0) is 11.3 Å². The van der Waals surface area contributed by atoms with E-state index in [4.69, 9.17) is 16.7 Å². The number of nitrogens with zero attached hydrogens (tertiary/aromatic N) is 1. The number of carboxylic acids is 1. The van der Waals surface area contributed by atoms with Gasteiger partial charge in [-0.05, 0) is 37.3 Å². The zero-order valence-electron chi connectivity index (χ0n) is 12.4. The Hall–Kier alpha value is -2.59. The van der Waals surface area contributed by atoms with Crippen molar-refractivity contribution in [3.05, 3.63) is 70.4 Å². The van der Waals surface area contributed by atoms with Gasteiger partial charge < -0.3 is 9.67 Å². The maximum Gasteiger partial charge on any atom is 0.323 e. The Labute approximate surface area is 137 Å². The molecule has 0 unspecified atom stereocenters. The first-order valence-electron chi connectivity index (χ1n) is 7.09. The van der Waals surface area contributed by atoms with Crippen molar-refractivity contribution in [2.45, 2.75) is 13.5 Å². The summed E-state index contributed by atoms with van der Waals surface area (Å²) in [5.41, 5.74) is 2.44. The highest BCUT2D eigenvalue weighted by Crippen LogP contribution is 2.28. The molecule has 3 aromatic rings. The third-order valence-corrected chi connectivity index (χ3v) is 4.11. The van der Waals surface area contributed by atoms with Crippen molar-refractivity contribution in [3.63, 3.8) is 0 Å². The summed E-state index contributed by atoms with van der Waals surface area (Å²) in [5.74, 6) is -1.08. The molecule has 0 bridgehead atoms. The summed E-state index contributed by atoms with van der Waals surface area (Å²) < 4.78 is 1.65. The lowest BCUT2D eigenvalue weighted by molar-refractivity contribution is -0.137. The number of benzene rings is 2. The summed E-state index contributed by atoms with van der Waals surface area (Å²) >= 11 is 5.87. The summed E-state index contributed by atoms with van der Waals surface area (Å²) in [4.78, 5) is 24.0. The van der Waals surface area contributed by atoms with Gasteiger partial charge in [-0.2, -0.15) is 0 Å². The minimum absolute atomic E-state index is 0.139. The average Bonchev–Trinajstić information content (AvgIpc) is 2.80. The van der Waals surface area contributed by atoms with Crippen LogP contribution in [0.3, 0.4) is 0 Å². The summed E-state index contributed by atoms with van der Waals surface area (Å²) in [7, 11) is 0. The first kappa shape index (κ1) is 15.3. The van der Waals surface area contributed by atoms with E-state index in [0.29, 0.717) is 21.8 Å². The van der Waals surface area contributed by atoms with Crippen molar-refractivity contribution in [2.24, 2.45) is 0 Å². The summed E-state index contributed by atoms with van der Waals surface area (Å²) in [6.45, 7) is 1.59. The molecule has 0 atom stereocenters. The molecule has 116 valence electrons. The minimum atomic E-state index is -0.945. The van der Waals surface area contributed by atoms with E-state index in [1.54, 1.807) is 35.8 Å². The molecule has 0 spiro atoms. The van der Waals surface area contributed by atoms with Crippen LogP contribution in [0, 0.1) is 6.92 Å². The summed E-state index contributed by atoms with van der Waals surface area (Å²) in [5, 5.41) is 10.4. The molecular weight excluding hydrogens is 314 g/mol. The molecule has 1 aromatic heterocycles. The fourth-order valence-corrected chi connectivity index (χ4v) is 2.93. The van der Waals surface area contributed by atoms with E-state index < -0.39 is 5.97 Å². The van der Waals surface area contributed by atoms with Crippen LogP contribution in [0.25, 0.3) is 10.9 Å². The quantitative estimate of drug-likeness (QED) is 0.739. The van der Waals surface area contributed by atoms with Crippen LogP contribution >= 0.6 is 11.6 Å². The van der Waals surface area contributed by atoms with E-state index in [2.05, 4.69) is 0 Å². The number of hydrogen-bond acceptors (Lipinski definition) is 2. The van der Waals surface area contributed by atoms with Crippen molar-refractivity contribution in [2.75, 3.05) is 0 Å². The number of carbonyl (C=O) groups is 2. The molecule has 0 radical (unpaired) electrons. The van der Waals surface area contributed by atoms with Crippen molar-refractivity contribution < 1.29 is 14.7 Å². The van der Waals surface area contributed by atoms with Crippen LogP contribution in [0.2, 0.25) is 5.02 Å². The molecule has 0 aliphatic heterocycles. The van der Waals surface area contributed by atoms with Gasteiger partial charge in [0.2, 0.25) is 0 Å². The van der Waals surface area contributed by atoms with Crippen LogP contribution in [0.15, 0.2) is 48.5 Å². The molecule has 0 saturated carbocycles. The molecule has 1 heterocycles. The lowest BCUT2D eigenvalue weighted by atomic mass is 10.0. The Morgan fingerprint density at radius 1 is 1.09 bits per heavy atom. The van der Waals surface area contributed by atoms with Gasteiger partial charge in [-0.1, -0.05) is 29.8 Å². The number of para-hydroxylation sites is 1. The van der Waals surface area contributed by atoms with Crippen molar-refractivity contribution in [3.8, 4) is 0 Å². The van der Waals surface area contributed by atoms with E-state index in [0.717, 1.165) is 10.9 Å². The number of aliphatic carboxylic acids is 1. The van der Waals surface area contributed by atoms with E-state index in [-0.39, 0.29) is 12.3 Å². The molecule has 0 aliphatic rings. The van der Waals surface area contributed by atoms with Gasteiger partial charge in [0.05, 0.1) is 5.56 Å². The van der Waals surface area contributed by atoms with Crippen molar-refractivity contribution in [1.82, 2.24) is 4.57 Å². The SMILES string of the molecule is Cc1c(C(=O)c2ccc(Cl)cc2)c2ccccc2n1CC(=O)O. The molecule has 0 saturated heterocycles. The number of carbonyl (C=O) groups excluding carboxylic acids is 1. The molecule has 0 fully saturated rings. The fourth-order valence-electron chi connectivity index (χ4n) is 2.80. The second-order valence-corrected chi connectivity index (χ2v) is 5.73. The molecular formula is C18H14ClNO3. The second-order valence-electron chi connectivity index (χ2n) is 5.29. The van der Waals surface area contributed by atoms with Crippen molar-refractivity contribution >= 4 is 34.3 Å². The topological polar surface area (TPSA) is 59.3 Å². The third kappa shape index (κ3) is 2.73. The lowest BCUT2D eigenvalue weighted by Crippen LogP contribution is -2.11. The van der Waals surface area contributed by atoms with Crippen LogP contribution in [0.5, 0.6) is 0 Å². The molecule has 1 N–H and O–H groups in total.